The van der Waals surface area contributed by atoms with Gasteiger partial charge in [-0.25, -0.2) is 0 Å². The summed E-state index contributed by atoms with van der Waals surface area (Å²) < 4.78 is 1.43. The molecule has 0 saturated heterocycles. The molecule has 0 radical (unpaired) electrons. The summed E-state index contributed by atoms with van der Waals surface area (Å²) in [5.74, 6) is 0. The summed E-state index contributed by atoms with van der Waals surface area (Å²) in [6.45, 7) is 4.71. The van der Waals surface area contributed by atoms with Crippen LogP contribution in [0.15, 0.2) is 24.3 Å². The molecule has 15 heavy (non-hydrogen) atoms. The van der Waals surface area contributed by atoms with Crippen LogP contribution in [-0.4, -0.2) is 0 Å². The van der Waals surface area contributed by atoms with E-state index in [0.717, 1.165) is 0 Å². The van der Waals surface area contributed by atoms with Gasteiger partial charge in [-0.05, 0) is 28.9 Å². The molecular formula is C13H13BrS. The minimum absolute atomic E-state index is 0.323. The van der Waals surface area contributed by atoms with Crippen LogP contribution < -0.4 is 0 Å². The van der Waals surface area contributed by atoms with E-state index in [1.165, 1.54) is 16.5 Å². The van der Waals surface area contributed by atoms with Crippen LogP contribution in [0.5, 0.6) is 0 Å². The predicted molar refractivity (Wildman–Crippen MR) is 71.1 cm³/mol. The Labute approximate surface area is 102 Å². The number of hydrogen-bond donors (Lipinski definition) is 0. The zero-order valence-electron chi connectivity index (χ0n) is 8.88. The maximum Gasteiger partial charge on any atom is 0.0500 e. The lowest BCUT2D eigenvalue weighted by atomic mass is 9.86. The number of fused-ring (bicyclic) bond motifs is 3. The van der Waals surface area contributed by atoms with Gasteiger partial charge in [-0.15, -0.1) is 11.3 Å². The van der Waals surface area contributed by atoms with Crippen molar-refractivity contribution in [2.45, 2.75) is 30.5 Å². The Morgan fingerprint density at radius 3 is 2.87 bits per heavy atom. The fourth-order valence-electron chi connectivity index (χ4n) is 2.63. The minimum atomic E-state index is 0.323. The van der Waals surface area contributed by atoms with Crippen molar-refractivity contribution in [3.05, 3.63) is 34.7 Å². The smallest absolute Gasteiger partial charge is 0.0500 e. The quantitative estimate of drug-likeness (QED) is 0.595. The second-order valence-corrected chi connectivity index (χ2v) is 7.08. The van der Waals surface area contributed by atoms with Gasteiger partial charge in [0.15, 0.2) is 0 Å². The molecule has 1 aromatic carbocycles. The Kier molecular flexibility index (Phi) is 2.02. The highest BCUT2D eigenvalue weighted by Crippen LogP contribution is 2.54. The predicted octanol–water partition coefficient (Wildman–Crippen LogP) is 5.02. The standard InChI is InChI=1S/C13H13BrS/c1-13(2)7-9(14)12-11(13)8-5-3-4-6-10(8)15-12/h3-6,9H,7H2,1-2H3. The van der Waals surface area contributed by atoms with Crippen molar-refractivity contribution in [3.8, 4) is 0 Å². The van der Waals surface area contributed by atoms with Gasteiger partial charge in [0, 0.05) is 9.58 Å². The lowest BCUT2D eigenvalue weighted by molar-refractivity contribution is 0.524. The van der Waals surface area contributed by atoms with E-state index in [4.69, 9.17) is 0 Å². The largest absolute Gasteiger partial charge is 0.139 e. The highest BCUT2D eigenvalue weighted by molar-refractivity contribution is 9.09. The number of benzene rings is 1. The molecule has 1 aromatic heterocycles. The molecule has 1 unspecified atom stereocenters. The van der Waals surface area contributed by atoms with Crippen molar-refractivity contribution < 1.29 is 0 Å². The number of alkyl halides is 1. The fraction of sp³-hybridized carbons (Fsp3) is 0.385. The van der Waals surface area contributed by atoms with Crippen molar-refractivity contribution in [1.82, 2.24) is 0 Å². The Bertz CT molecular complexity index is 524. The third-order valence-corrected chi connectivity index (χ3v) is 5.64. The normalized spacial score (nSPS) is 23.3. The monoisotopic (exact) mass is 280 g/mol. The lowest BCUT2D eigenvalue weighted by Crippen LogP contribution is -2.11. The number of hydrogen-bond acceptors (Lipinski definition) is 1. The molecule has 0 amide bonds. The Balaban J connectivity index is 2.40. The zero-order valence-corrected chi connectivity index (χ0v) is 11.3. The van der Waals surface area contributed by atoms with Gasteiger partial charge in [-0.1, -0.05) is 48.0 Å². The third-order valence-electron chi connectivity index (χ3n) is 3.27. The van der Waals surface area contributed by atoms with Gasteiger partial charge in [0.25, 0.3) is 0 Å². The van der Waals surface area contributed by atoms with Gasteiger partial charge in [0.1, 0.15) is 0 Å². The molecule has 2 heteroatoms. The second-order valence-electron chi connectivity index (χ2n) is 4.89. The van der Waals surface area contributed by atoms with Crippen LogP contribution in [-0.2, 0) is 5.41 Å². The SMILES string of the molecule is CC1(C)CC(Br)c2sc3ccccc3c21. The summed E-state index contributed by atoms with van der Waals surface area (Å²) in [5.41, 5.74) is 1.90. The number of halogens is 1. The number of rotatable bonds is 0. The molecule has 1 atom stereocenters. The Morgan fingerprint density at radius 2 is 2.07 bits per heavy atom. The van der Waals surface area contributed by atoms with Crippen LogP contribution >= 0.6 is 27.3 Å². The van der Waals surface area contributed by atoms with Crippen molar-refractivity contribution in [2.75, 3.05) is 0 Å². The number of thiophene rings is 1. The van der Waals surface area contributed by atoms with Gasteiger partial charge in [0.2, 0.25) is 0 Å². The van der Waals surface area contributed by atoms with E-state index < -0.39 is 0 Å². The molecule has 1 aliphatic carbocycles. The summed E-state index contributed by atoms with van der Waals surface area (Å²) in [6.07, 6.45) is 1.22. The molecule has 0 N–H and O–H groups in total. The van der Waals surface area contributed by atoms with Crippen molar-refractivity contribution in [3.63, 3.8) is 0 Å². The van der Waals surface area contributed by atoms with E-state index in [9.17, 15) is 0 Å². The van der Waals surface area contributed by atoms with Gasteiger partial charge in [-0.2, -0.15) is 0 Å². The maximum atomic E-state index is 3.80. The van der Waals surface area contributed by atoms with Crippen LogP contribution in [0.3, 0.4) is 0 Å². The molecule has 0 aliphatic heterocycles. The van der Waals surface area contributed by atoms with Crippen LogP contribution in [0.25, 0.3) is 10.1 Å². The van der Waals surface area contributed by atoms with Crippen molar-refractivity contribution >= 4 is 37.4 Å². The molecule has 0 fully saturated rings. The highest BCUT2D eigenvalue weighted by Gasteiger charge is 2.38. The molecule has 0 nitrogen and oxygen atoms in total. The molecule has 1 aliphatic rings. The van der Waals surface area contributed by atoms with Crippen molar-refractivity contribution in [1.29, 1.82) is 0 Å². The molecule has 0 saturated carbocycles. The summed E-state index contributed by atoms with van der Waals surface area (Å²) in [6, 6.07) is 8.77. The lowest BCUT2D eigenvalue weighted by Gasteiger charge is -2.18. The van der Waals surface area contributed by atoms with Gasteiger partial charge in [-0.3, -0.25) is 0 Å². The molecule has 1 heterocycles. The molecular weight excluding hydrogens is 268 g/mol. The summed E-state index contributed by atoms with van der Waals surface area (Å²) in [5, 5.41) is 1.46. The van der Waals surface area contributed by atoms with Gasteiger partial charge < -0.3 is 0 Å². The van der Waals surface area contributed by atoms with E-state index in [0.29, 0.717) is 10.2 Å². The molecule has 78 valence electrons. The molecule has 2 aromatic rings. The van der Waals surface area contributed by atoms with Gasteiger partial charge >= 0.3 is 0 Å². The Hall–Kier alpha value is -0.340. The highest BCUT2D eigenvalue weighted by atomic mass is 79.9. The van der Waals surface area contributed by atoms with E-state index >= 15 is 0 Å². The van der Waals surface area contributed by atoms with Crippen LogP contribution in [0.1, 0.15) is 35.5 Å². The second kappa shape index (κ2) is 3.08. The van der Waals surface area contributed by atoms with Crippen molar-refractivity contribution in [2.24, 2.45) is 0 Å². The van der Waals surface area contributed by atoms with E-state index in [2.05, 4.69) is 54.0 Å². The summed E-state index contributed by atoms with van der Waals surface area (Å²) in [4.78, 5) is 2.10. The first-order chi connectivity index (χ1) is 7.09. The summed E-state index contributed by atoms with van der Waals surface area (Å²) >= 11 is 5.75. The summed E-state index contributed by atoms with van der Waals surface area (Å²) in [7, 11) is 0. The minimum Gasteiger partial charge on any atom is -0.139 e. The first kappa shape index (κ1) is 9.86. The third kappa shape index (κ3) is 1.31. The first-order valence-corrected chi connectivity index (χ1v) is 6.99. The van der Waals surface area contributed by atoms with Crippen LogP contribution in [0.2, 0.25) is 0 Å². The van der Waals surface area contributed by atoms with Crippen LogP contribution in [0.4, 0.5) is 0 Å². The fourth-order valence-corrected chi connectivity index (χ4v) is 5.31. The van der Waals surface area contributed by atoms with E-state index in [1.807, 2.05) is 11.3 Å². The molecule has 3 rings (SSSR count). The maximum absolute atomic E-state index is 3.80. The van der Waals surface area contributed by atoms with E-state index in [1.54, 1.807) is 10.4 Å². The first-order valence-electron chi connectivity index (χ1n) is 5.25. The van der Waals surface area contributed by atoms with E-state index in [-0.39, 0.29) is 0 Å². The molecule has 0 spiro atoms. The average Bonchev–Trinajstić information content (AvgIpc) is 2.64. The topological polar surface area (TPSA) is 0 Å². The average molecular weight is 281 g/mol. The molecule has 0 bridgehead atoms. The zero-order chi connectivity index (χ0) is 10.6. The Morgan fingerprint density at radius 1 is 1.33 bits per heavy atom. The van der Waals surface area contributed by atoms with Crippen LogP contribution in [0, 0.1) is 0 Å². The van der Waals surface area contributed by atoms with Gasteiger partial charge in [0.05, 0.1) is 4.83 Å².